The molecule has 2 N–H and O–H groups in total. The number of piperazine rings is 1. The van der Waals surface area contributed by atoms with E-state index in [1.165, 1.54) is 5.56 Å². The number of aromatic nitrogens is 2. The van der Waals surface area contributed by atoms with Crippen molar-refractivity contribution in [2.45, 2.75) is 32.2 Å². The van der Waals surface area contributed by atoms with Crippen LogP contribution in [0.3, 0.4) is 0 Å². The second-order valence-electron chi connectivity index (χ2n) is 8.66. The molecule has 5 rings (SSSR count). The van der Waals surface area contributed by atoms with Crippen molar-refractivity contribution in [2.24, 2.45) is 0 Å². The van der Waals surface area contributed by atoms with Gasteiger partial charge >= 0.3 is 0 Å². The Morgan fingerprint density at radius 1 is 1.12 bits per heavy atom. The maximum atomic E-state index is 10.3. The van der Waals surface area contributed by atoms with E-state index in [4.69, 9.17) is 0 Å². The Morgan fingerprint density at radius 3 is 2.69 bits per heavy atom. The molecule has 1 aromatic heterocycles. The number of hydrogen-bond donors (Lipinski definition) is 2. The van der Waals surface area contributed by atoms with Crippen LogP contribution in [0, 0.1) is 0 Å². The van der Waals surface area contributed by atoms with Crippen LogP contribution in [0.4, 0.5) is 11.5 Å². The minimum atomic E-state index is -0.595. The molecule has 0 aliphatic carbocycles. The van der Waals surface area contributed by atoms with Crippen molar-refractivity contribution >= 4 is 22.3 Å². The van der Waals surface area contributed by atoms with Crippen LogP contribution in [-0.2, 0) is 13.0 Å². The van der Waals surface area contributed by atoms with Crippen LogP contribution < -0.4 is 9.80 Å². The number of phenolic OH excluding ortho intramolecular Hbond substituents is 1. The van der Waals surface area contributed by atoms with Crippen molar-refractivity contribution in [2.75, 3.05) is 36.0 Å². The first-order valence-corrected chi connectivity index (χ1v) is 11.2. The quantitative estimate of drug-likeness (QED) is 0.615. The number of nitrogens with zero attached hydrogens (tertiary/aromatic N) is 5. The molecule has 0 bridgehead atoms. The predicted molar refractivity (Wildman–Crippen MR) is 127 cm³/mol. The molecule has 2 aliphatic heterocycles. The average molecular weight is 432 g/mol. The van der Waals surface area contributed by atoms with Gasteiger partial charge in [0.15, 0.2) is 0 Å². The number of benzene rings is 2. The molecule has 166 valence electrons. The van der Waals surface area contributed by atoms with E-state index >= 15 is 0 Å². The molecule has 2 unspecified atom stereocenters. The molecule has 3 aromatic rings. The summed E-state index contributed by atoms with van der Waals surface area (Å²) in [6.07, 6.45) is 3.48. The minimum Gasteiger partial charge on any atom is -0.508 e. The molecule has 0 saturated carbocycles. The van der Waals surface area contributed by atoms with Crippen LogP contribution in [0.15, 0.2) is 55.4 Å². The van der Waals surface area contributed by atoms with Crippen LogP contribution in [-0.4, -0.2) is 63.5 Å². The molecule has 2 atom stereocenters. The van der Waals surface area contributed by atoms with Crippen molar-refractivity contribution in [1.29, 1.82) is 0 Å². The Morgan fingerprint density at radius 2 is 1.91 bits per heavy atom. The SMILES string of the molecule is C=CC(O)N1CCN(c2ncnc3c2CC(C)N(c2cc(O)cc4ccccc24)C3)CC1. The highest BCUT2D eigenvalue weighted by Gasteiger charge is 2.31. The number of rotatable bonds is 4. The zero-order valence-electron chi connectivity index (χ0n) is 18.4. The molecule has 7 heteroatoms. The summed E-state index contributed by atoms with van der Waals surface area (Å²) in [7, 11) is 0. The first kappa shape index (κ1) is 20.7. The van der Waals surface area contributed by atoms with Gasteiger partial charge < -0.3 is 20.0 Å². The highest BCUT2D eigenvalue weighted by Crippen LogP contribution is 2.37. The van der Waals surface area contributed by atoms with E-state index < -0.39 is 6.23 Å². The van der Waals surface area contributed by atoms with Gasteiger partial charge in [-0.1, -0.05) is 30.8 Å². The monoisotopic (exact) mass is 431 g/mol. The third kappa shape index (κ3) is 3.67. The standard InChI is InChI=1S/C25H29N5O2/c1-3-24(32)28-8-10-29(11-9-28)25-21-12-17(2)30(15-22(21)26-16-27-25)23-14-19(31)13-18-6-4-5-7-20(18)23/h3-7,13-14,16-17,24,31-32H,1,8-12,15H2,2H3. The highest BCUT2D eigenvalue weighted by atomic mass is 16.3. The summed E-state index contributed by atoms with van der Waals surface area (Å²) in [5, 5.41) is 22.5. The van der Waals surface area contributed by atoms with Gasteiger partial charge in [-0.05, 0) is 30.9 Å². The Labute approximate surface area is 188 Å². The van der Waals surface area contributed by atoms with Crippen LogP contribution >= 0.6 is 0 Å². The lowest BCUT2D eigenvalue weighted by Crippen LogP contribution is -2.50. The van der Waals surface area contributed by atoms with Gasteiger partial charge in [-0.15, -0.1) is 0 Å². The summed E-state index contributed by atoms with van der Waals surface area (Å²) in [6.45, 7) is 9.74. The lowest BCUT2D eigenvalue weighted by molar-refractivity contribution is 0.0379. The fraction of sp³-hybridized carbons (Fsp3) is 0.360. The minimum absolute atomic E-state index is 0.237. The van der Waals surface area contributed by atoms with Crippen molar-refractivity contribution in [3.05, 3.63) is 66.6 Å². The molecule has 2 aromatic carbocycles. The largest absolute Gasteiger partial charge is 0.508 e. The molecule has 1 saturated heterocycles. The first-order valence-electron chi connectivity index (χ1n) is 11.2. The van der Waals surface area contributed by atoms with Gasteiger partial charge in [0, 0.05) is 54.9 Å². The van der Waals surface area contributed by atoms with Gasteiger partial charge in [0.25, 0.3) is 0 Å². The summed E-state index contributed by atoms with van der Waals surface area (Å²) in [5.74, 6) is 1.29. The lowest BCUT2D eigenvalue weighted by Gasteiger charge is -2.40. The lowest BCUT2D eigenvalue weighted by atomic mass is 9.96. The van der Waals surface area contributed by atoms with E-state index in [2.05, 4.69) is 39.3 Å². The van der Waals surface area contributed by atoms with E-state index in [9.17, 15) is 10.2 Å². The summed E-state index contributed by atoms with van der Waals surface area (Å²) in [4.78, 5) is 16.0. The highest BCUT2D eigenvalue weighted by molar-refractivity contribution is 5.95. The smallest absolute Gasteiger partial charge is 0.135 e. The molecule has 3 heterocycles. The third-order valence-electron chi connectivity index (χ3n) is 6.70. The average Bonchev–Trinajstić information content (AvgIpc) is 2.82. The number of anilines is 2. The molecule has 2 aliphatic rings. The molecular formula is C25H29N5O2. The molecule has 32 heavy (non-hydrogen) atoms. The molecular weight excluding hydrogens is 402 g/mol. The molecule has 0 radical (unpaired) electrons. The zero-order chi connectivity index (χ0) is 22.2. The molecule has 1 fully saturated rings. The van der Waals surface area contributed by atoms with E-state index in [0.717, 1.165) is 60.6 Å². The Kier molecular flexibility index (Phi) is 5.45. The number of hydrogen-bond acceptors (Lipinski definition) is 7. The number of aromatic hydroxyl groups is 1. The Balaban J connectivity index is 1.44. The van der Waals surface area contributed by atoms with Crippen molar-refractivity contribution < 1.29 is 10.2 Å². The van der Waals surface area contributed by atoms with Gasteiger partial charge in [-0.25, -0.2) is 9.97 Å². The first-order chi connectivity index (χ1) is 15.5. The normalized spacial score (nSPS) is 20.2. The summed E-state index contributed by atoms with van der Waals surface area (Å²) < 4.78 is 0. The van der Waals surface area contributed by atoms with Crippen LogP contribution in [0.5, 0.6) is 5.75 Å². The van der Waals surface area contributed by atoms with Gasteiger partial charge in [-0.3, -0.25) is 4.90 Å². The predicted octanol–water partition coefficient (Wildman–Crippen LogP) is 2.91. The maximum Gasteiger partial charge on any atom is 0.135 e. The number of aliphatic hydroxyl groups excluding tert-OH is 1. The number of aliphatic hydroxyl groups is 1. The second-order valence-corrected chi connectivity index (χ2v) is 8.66. The fourth-order valence-corrected chi connectivity index (χ4v) is 4.96. The van der Waals surface area contributed by atoms with Gasteiger partial charge in [-0.2, -0.15) is 0 Å². The summed E-state index contributed by atoms with van der Waals surface area (Å²) in [6, 6.07) is 12.1. The molecule has 0 amide bonds. The molecule has 7 nitrogen and oxygen atoms in total. The Hall–Kier alpha value is -3.16. The zero-order valence-corrected chi connectivity index (χ0v) is 18.4. The topological polar surface area (TPSA) is 76.0 Å². The van der Waals surface area contributed by atoms with Gasteiger partial charge in [0.05, 0.1) is 12.2 Å². The summed E-state index contributed by atoms with van der Waals surface area (Å²) in [5.41, 5.74) is 3.28. The van der Waals surface area contributed by atoms with Crippen LogP contribution in [0.2, 0.25) is 0 Å². The number of fused-ring (bicyclic) bond motifs is 2. The Bertz CT molecular complexity index is 1140. The van der Waals surface area contributed by atoms with E-state index in [-0.39, 0.29) is 11.8 Å². The third-order valence-corrected chi connectivity index (χ3v) is 6.70. The van der Waals surface area contributed by atoms with Crippen molar-refractivity contribution in [3.63, 3.8) is 0 Å². The van der Waals surface area contributed by atoms with Gasteiger partial charge in [0.2, 0.25) is 0 Å². The van der Waals surface area contributed by atoms with E-state index in [1.54, 1.807) is 12.4 Å². The maximum absolute atomic E-state index is 10.3. The summed E-state index contributed by atoms with van der Waals surface area (Å²) >= 11 is 0. The van der Waals surface area contributed by atoms with Crippen LogP contribution in [0.1, 0.15) is 18.2 Å². The van der Waals surface area contributed by atoms with Gasteiger partial charge in [0.1, 0.15) is 24.1 Å². The number of phenols is 1. The van der Waals surface area contributed by atoms with Crippen molar-refractivity contribution in [1.82, 2.24) is 14.9 Å². The van der Waals surface area contributed by atoms with E-state index in [0.29, 0.717) is 6.54 Å². The van der Waals surface area contributed by atoms with E-state index in [1.807, 2.05) is 35.2 Å². The van der Waals surface area contributed by atoms with Crippen LogP contribution in [0.25, 0.3) is 10.8 Å². The fourth-order valence-electron chi connectivity index (χ4n) is 4.96. The van der Waals surface area contributed by atoms with Crippen molar-refractivity contribution in [3.8, 4) is 5.75 Å². The molecule has 0 spiro atoms. The second kappa shape index (κ2) is 8.41.